The maximum absolute atomic E-state index is 13.1. The standard InChI is InChI=1S/C39H57N6O4S.C21H28N3O3S.C11H21ClN2O.C8H7O2S.C6H9NO.C5H6N2.14CH4.3K/c1-7-33(44-20-17-40-27-44)23-34(45-18-8-9-37(45)47)22-31(30-12-14-35(15-13-30)50(48)49)11-10-28(2)43-19-16-29(26-43)21-36(46)41-32-24-38(3,4)42-39(5,6)25-32;1-3-18(23-12-10-22-15-23)14-19(24-11-4-5-21(24)25)13-16(2)17-6-8-20(9-7-17)28(26)27;1-10(2)5-8(13-9(15)7-12)6-11(3,4)14-10;1-2-7-3-5-8(6-4-7)11(9)10;1-2-7-5-3-4-6(7)8;1-2-7-4-3-6-5-7;;;;;;;;;;;;;;;;;/h12-17,19-20,26-28,31-34,42H,7-11,18,21-25H2,1-6H3,(H,41,46);6-10,12,15-16,18-19H,3-5,11,13-14H2,1-2H3;8,14H,5-7H2,1-4H3,(H,13,15);2-6H,1H2;2H,1,3-5H2;2-5H,1H2;14*1H4;;;/q2*-1;;-1;;;;;;;;;;;;;;;;;3*+1. The van der Waals surface area contributed by atoms with E-state index in [1.165, 1.54) is 0 Å². The average Bonchev–Trinajstić information content (AvgIpc) is 1.22. The van der Waals surface area contributed by atoms with Crippen molar-refractivity contribution < 1.29 is 203 Å². The van der Waals surface area contributed by atoms with E-state index < -0.39 is 32.1 Å². The van der Waals surface area contributed by atoms with Crippen molar-refractivity contribution in [3.63, 3.8) is 0 Å². The number of nitrogens with zero attached hydrogens (tertiary/aromatic N) is 10. The van der Waals surface area contributed by atoms with Gasteiger partial charge in [0.1, 0.15) is 5.88 Å². The molecule has 4 N–H and O–H groups in total. The Kier molecular flexibility index (Phi) is 87.3. The quantitative estimate of drug-likeness (QED) is 0.0178. The first kappa shape index (κ1) is 155. The molecule has 0 spiro atoms. The summed E-state index contributed by atoms with van der Waals surface area (Å²) in [6, 6.07) is 24.1. The number of imidazole rings is 3. The van der Waals surface area contributed by atoms with E-state index in [1.54, 1.807) is 101 Å². The summed E-state index contributed by atoms with van der Waals surface area (Å²) in [5.41, 5.74) is 4.16. The number of amides is 5. The monoisotopic (exact) mass is 2050 g/mol. The van der Waals surface area contributed by atoms with Crippen LogP contribution in [0.25, 0.3) is 12.3 Å². The number of hydrogen-bond donors (Lipinski definition) is 4. The van der Waals surface area contributed by atoms with Crippen molar-refractivity contribution in [2.75, 3.05) is 25.5 Å². The van der Waals surface area contributed by atoms with E-state index in [2.05, 4.69) is 175 Å². The van der Waals surface area contributed by atoms with Gasteiger partial charge in [0.05, 0.1) is 25.4 Å². The first-order chi connectivity index (χ1) is 56.5. The molecule has 0 bridgehead atoms. The molecule has 0 radical (unpaired) electrons. The molecule has 5 aliphatic rings. The Hall–Kier alpha value is -3.89. The van der Waals surface area contributed by atoms with Crippen LogP contribution in [0.5, 0.6) is 0 Å². The minimum Gasteiger partial charge on any atom is -0.420 e. The Balaban J connectivity index is -0.000000171. The predicted molar refractivity (Wildman–Crippen MR) is 564 cm³/mol. The SMILES string of the molecule is C.C.C.C.C.C.C.C.C.C.C.C.C.C.C=CN1CCCC1=O.C=Cc1ccc([S-](=O)=O)cc1.C=Cn1ccnc1.CC1(C)CC(NC(=O)CCl)CC(C)(C)N1.CCC(CC(CC(C)c1ccc([S-](=O)=O)cc1)N1CCCC1=O)n1ccnc1.CCC(CC(CC(CCC(C)n1ccc(CC(=O)NC2CC(C)(C)NC(C)(C)C2)c1)c1ccc([S-](=O)=O)cc1)N1CCCC1=O)n1ccnc1.[K+].[K+].[K+]. The largest absolute Gasteiger partial charge is 1.00 e. The molecule has 12 rings (SSSR count). The van der Waals surface area contributed by atoms with Gasteiger partial charge in [0, 0.05) is 159 Å². The normalized spacial score (nSPS) is 16.2. The Morgan fingerprint density at radius 1 is 0.471 bits per heavy atom. The molecule has 764 valence electrons. The molecule has 0 aliphatic carbocycles. The number of likely N-dealkylation sites (tertiary alicyclic amines) is 3. The third-order valence-electron chi connectivity index (χ3n) is 22.6. The van der Waals surface area contributed by atoms with Crippen molar-refractivity contribution in [1.29, 1.82) is 0 Å². The van der Waals surface area contributed by atoms with E-state index in [4.69, 9.17) is 11.6 Å². The molecule has 7 unspecified atom stereocenters. The molecule has 0 saturated carbocycles. The fourth-order valence-corrected chi connectivity index (χ4v) is 18.6. The molecule has 136 heavy (non-hydrogen) atoms. The van der Waals surface area contributed by atoms with Gasteiger partial charge in [0.15, 0.2) is 0 Å². The third kappa shape index (κ3) is 52.6. The number of aromatic nitrogens is 7. The molecule has 4 aromatic heterocycles. The Bertz CT molecular complexity index is 4570. The van der Waals surface area contributed by atoms with Crippen molar-refractivity contribution in [3.05, 3.63) is 196 Å². The van der Waals surface area contributed by atoms with Gasteiger partial charge in [0.25, 0.3) is 0 Å². The molecule has 5 saturated heterocycles. The maximum Gasteiger partial charge on any atom is 1.00 e. The number of rotatable bonds is 31. The summed E-state index contributed by atoms with van der Waals surface area (Å²) >= 11 is 5.49. The van der Waals surface area contributed by atoms with E-state index in [9.17, 15) is 49.2 Å². The molecule has 5 aliphatic heterocycles. The fourth-order valence-electron chi connectivity index (χ4n) is 17.4. The summed E-state index contributed by atoms with van der Waals surface area (Å²) in [6.45, 7) is 39.1. The first-order valence-electron chi connectivity index (χ1n) is 41.6. The van der Waals surface area contributed by atoms with Crippen molar-refractivity contribution >= 4 is 85.5 Å². The Labute approximate surface area is 966 Å². The predicted octanol–water partition coefficient (Wildman–Crippen LogP) is 16.2. The minimum absolute atomic E-state index is 0. The van der Waals surface area contributed by atoms with Gasteiger partial charge < -0.3 is 79.5 Å². The smallest absolute Gasteiger partial charge is 0.420 e. The van der Waals surface area contributed by atoms with Crippen LogP contribution >= 0.6 is 11.6 Å². The summed E-state index contributed by atoms with van der Waals surface area (Å²) in [7, 11) is -6.62. The molecule has 3 aromatic carbocycles. The van der Waals surface area contributed by atoms with Crippen LogP contribution in [0.1, 0.15) is 355 Å². The molecular weight excluding hydrogens is 1870 g/mol. The number of piperidine rings is 2. The van der Waals surface area contributed by atoms with Crippen LogP contribution < -0.4 is 175 Å². The number of nitrogens with one attached hydrogen (secondary N) is 4. The van der Waals surface area contributed by atoms with Crippen molar-refractivity contribution in [2.24, 2.45) is 0 Å². The van der Waals surface area contributed by atoms with Crippen molar-refractivity contribution in [2.45, 2.75) is 400 Å². The third-order valence-corrected chi connectivity index (χ3v) is 24.8. The van der Waals surface area contributed by atoms with Gasteiger partial charge in [-0.1, -0.05) is 238 Å². The zero-order valence-electron chi connectivity index (χ0n) is 74.7. The summed E-state index contributed by atoms with van der Waals surface area (Å²) in [6.07, 6.45) is 41.4. The molecule has 5 amide bonds. The Morgan fingerprint density at radius 3 is 1.18 bits per heavy atom. The zero-order valence-corrected chi connectivity index (χ0v) is 87.3. The van der Waals surface area contributed by atoms with Gasteiger partial charge in [-0.2, -0.15) is 0 Å². The first-order valence-corrected chi connectivity index (χ1v) is 45.4. The van der Waals surface area contributed by atoms with Crippen LogP contribution in [-0.2, 0) is 87.8 Å². The number of alkyl halides is 1. The number of hydrogen-bond acceptors (Lipinski definition) is 19. The second-order valence-corrected chi connectivity index (χ2v) is 37.5. The average molecular weight is 2060 g/mol. The second kappa shape index (κ2) is 76.7. The van der Waals surface area contributed by atoms with Crippen molar-refractivity contribution in [1.82, 2.24) is 69.2 Å². The topological polar surface area (TPSA) is 304 Å². The van der Waals surface area contributed by atoms with Crippen LogP contribution in [0, 0.1) is 0 Å². The molecule has 5 fully saturated rings. The van der Waals surface area contributed by atoms with Gasteiger partial charge in [-0.05, 0) is 237 Å². The number of carbonyl (C=O) groups excluding carboxylic acids is 5. The molecule has 7 aromatic rings. The van der Waals surface area contributed by atoms with E-state index >= 15 is 0 Å². The molecule has 9 heterocycles. The van der Waals surface area contributed by atoms with E-state index in [1.807, 2.05) is 61.6 Å². The molecular formula is C104H184ClK3N14O11S3. The number of carbonyl (C=O) groups is 5. The summed E-state index contributed by atoms with van der Waals surface area (Å²) in [4.78, 5) is 79.5. The summed E-state index contributed by atoms with van der Waals surface area (Å²) < 4.78 is 74.5. The van der Waals surface area contributed by atoms with Gasteiger partial charge in [-0.25, -0.2) is 15.0 Å². The van der Waals surface area contributed by atoms with Gasteiger partial charge in [0.2, 0.25) is 29.5 Å². The van der Waals surface area contributed by atoms with Crippen LogP contribution in [0.3, 0.4) is 0 Å². The second-order valence-electron chi connectivity index (χ2n) is 34.4. The molecule has 25 nitrogen and oxygen atoms in total. The van der Waals surface area contributed by atoms with Crippen LogP contribution in [-0.4, -0.2) is 149 Å². The van der Waals surface area contributed by atoms with Crippen LogP contribution in [0.4, 0.5) is 0 Å². The molecule has 32 heteroatoms. The van der Waals surface area contributed by atoms with Crippen LogP contribution in [0.2, 0.25) is 0 Å². The number of benzene rings is 3. The zero-order chi connectivity index (χ0) is 87.2. The van der Waals surface area contributed by atoms with E-state index in [-0.39, 0.29) is 369 Å². The van der Waals surface area contributed by atoms with E-state index in [0.717, 1.165) is 138 Å². The maximum atomic E-state index is 13.1. The Morgan fingerprint density at radius 2 is 0.853 bits per heavy atom. The minimum atomic E-state index is -2.29. The van der Waals surface area contributed by atoms with Crippen LogP contribution in [0.15, 0.2) is 188 Å². The van der Waals surface area contributed by atoms with Crippen molar-refractivity contribution in [3.8, 4) is 0 Å². The van der Waals surface area contributed by atoms with E-state index in [0.29, 0.717) is 41.5 Å². The molecule has 7 atom stereocenters. The van der Waals surface area contributed by atoms with Gasteiger partial charge in [-0.3, -0.25) is 24.0 Å². The van der Waals surface area contributed by atoms with Gasteiger partial charge in [-0.15, -0.1) is 11.6 Å². The fraction of sp³-hybridized carbons (Fsp3) is 0.596. The summed E-state index contributed by atoms with van der Waals surface area (Å²) in [5, 5.41) is 13.5. The number of halogens is 1. The summed E-state index contributed by atoms with van der Waals surface area (Å²) in [5.74, 6) is 1.06. The van der Waals surface area contributed by atoms with Gasteiger partial charge >= 0.3 is 154 Å².